The largest absolute Gasteiger partial charge is 0.398 e. The van der Waals surface area contributed by atoms with Gasteiger partial charge in [-0.3, -0.25) is 4.79 Å². The van der Waals surface area contributed by atoms with Crippen molar-refractivity contribution in [3.8, 4) is 0 Å². The van der Waals surface area contributed by atoms with Crippen LogP contribution in [0.15, 0.2) is 12.1 Å². The van der Waals surface area contributed by atoms with Crippen LogP contribution in [0, 0.1) is 0 Å². The van der Waals surface area contributed by atoms with Crippen LogP contribution in [-0.2, 0) is 5.60 Å². The highest BCUT2D eigenvalue weighted by atomic mass is 35.5. The van der Waals surface area contributed by atoms with Gasteiger partial charge in [-0.25, -0.2) is 0 Å². The minimum absolute atomic E-state index is 0.269. The highest BCUT2D eigenvalue weighted by molar-refractivity contribution is 6.31. The van der Waals surface area contributed by atoms with Crippen molar-refractivity contribution in [3.63, 3.8) is 0 Å². The van der Waals surface area contributed by atoms with Gasteiger partial charge in [0.2, 0.25) is 0 Å². The van der Waals surface area contributed by atoms with E-state index in [0.717, 1.165) is 13.1 Å². The second kappa shape index (κ2) is 6.22. The molecule has 0 aliphatic carbocycles. The molecular formula is C15H22ClN3O2. The van der Waals surface area contributed by atoms with Gasteiger partial charge in [-0.05, 0) is 44.5 Å². The number of anilines is 1. The van der Waals surface area contributed by atoms with Crippen LogP contribution in [0.3, 0.4) is 0 Å². The predicted octanol–water partition coefficient (Wildman–Crippen LogP) is 1.59. The monoisotopic (exact) mass is 311 g/mol. The number of nitrogens with two attached hydrogens (primary N) is 1. The fourth-order valence-corrected chi connectivity index (χ4v) is 2.98. The number of piperidine rings is 1. The summed E-state index contributed by atoms with van der Waals surface area (Å²) in [5, 5.41) is 14.2. The second-order valence-corrected chi connectivity index (χ2v) is 6.05. The molecule has 0 saturated carbocycles. The number of rotatable bonds is 3. The van der Waals surface area contributed by atoms with Gasteiger partial charge in [0.1, 0.15) is 0 Å². The van der Waals surface area contributed by atoms with Crippen LogP contribution < -0.4 is 11.1 Å². The van der Waals surface area contributed by atoms with Crippen LogP contribution in [0.4, 0.5) is 5.69 Å². The van der Waals surface area contributed by atoms with Crippen molar-refractivity contribution in [1.82, 2.24) is 10.2 Å². The van der Waals surface area contributed by atoms with Crippen LogP contribution in [0.2, 0.25) is 5.02 Å². The lowest BCUT2D eigenvalue weighted by Gasteiger charge is -2.38. The molecule has 1 heterocycles. The van der Waals surface area contributed by atoms with Gasteiger partial charge in [0.05, 0.1) is 11.2 Å². The number of hydrogen-bond donors (Lipinski definition) is 3. The Hall–Kier alpha value is -1.30. The summed E-state index contributed by atoms with van der Waals surface area (Å²) in [5.74, 6) is -0.269. The van der Waals surface area contributed by atoms with E-state index < -0.39 is 5.60 Å². The first kappa shape index (κ1) is 16.1. The fourth-order valence-electron chi connectivity index (χ4n) is 2.76. The number of nitrogen functional groups attached to an aromatic ring is 1. The van der Waals surface area contributed by atoms with Gasteiger partial charge in [0, 0.05) is 30.3 Å². The molecule has 0 unspecified atom stereocenters. The van der Waals surface area contributed by atoms with Crippen molar-refractivity contribution in [2.75, 3.05) is 32.4 Å². The smallest absolute Gasteiger partial charge is 0.253 e. The number of nitrogens with one attached hydrogen (secondary N) is 1. The third-order valence-corrected chi connectivity index (χ3v) is 4.23. The molecular weight excluding hydrogens is 290 g/mol. The lowest BCUT2D eigenvalue weighted by molar-refractivity contribution is -0.0208. The van der Waals surface area contributed by atoms with Gasteiger partial charge in [-0.2, -0.15) is 0 Å². The summed E-state index contributed by atoms with van der Waals surface area (Å²) in [5.41, 5.74) is 6.09. The van der Waals surface area contributed by atoms with Crippen LogP contribution in [-0.4, -0.2) is 42.6 Å². The molecule has 2 rings (SSSR count). The van der Waals surface area contributed by atoms with Crippen molar-refractivity contribution >= 4 is 23.2 Å². The summed E-state index contributed by atoms with van der Waals surface area (Å²) in [7, 11) is 2.01. The van der Waals surface area contributed by atoms with E-state index in [4.69, 9.17) is 17.3 Å². The molecule has 1 amide bonds. The van der Waals surface area contributed by atoms with Crippen LogP contribution in [0.25, 0.3) is 0 Å². The zero-order valence-electron chi connectivity index (χ0n) is 12.4. The number of nitrogens with zero attached hydrogens (tertiary/aromatic N) is 1. The molecule has 0 spiro atoms. The summed E-state index contributed by atoms with van der Waals surface area (Å²) in [6.45, 7) is 3.87. The molecule has 116 valence electrons. The molecule has 0 radical (unpaired) electrons. The molecule has 6 heteroatoms. The van der Waals surface area contributed by atoms with Crippen molar-refractivity contribution < 1.29 is 9.90 Å². The molecule has 1 fully saturated rings. The molecule has 1 aromatic rings. The zero-order chi connectivity index (χ0) is 15.6. The number of amides is 1. The minimum atomic E-state index is -1.06. The number of carbonyl (C=O) groups excluding carboxylic acids is 1. The van der Waals surface area contributed by atoms with E-state index in [1.54, 1.807) is 12.1 Å². The van der Waals surface area contributed by atoms with Gasteiger partial charge < -0.3 is 21.1 Å². The summed E-state index contributed by atoms with van der Waals surface area (Å²) in [6.07, 6.45) is 1.10. The molecule has 21 heavy (non-hydrogen) atoms. The average Bonchev–Trinajstić information content (AvgIpc) is 2.41. The molecule has 0 bridgehead atoms. The lowest BCUT2D eigenvalue weighted by atomic mass is 9.81. The number of benzene rings is 1. The summed E-state index contributed by atoms with van der Waals surface area (Å²) >= 11 is 6.08. The van der Waals surface area contributed by atoms with Gasteiger partial charge >= 0.3 is 0 Å². The first-order valence-corrected chi connectivity index (χ1v) is 7.54. The molecule has 1 saturated heterocycles. The lowest BCUT2D eigenvalue weighted by Crippen LogP contribution is -2.42. The highest BCUT2D eigenvalue weighted by Gasteiger charge is 2.37. The fraction of sp³-hybridized carbons (Fsp3) is 0.533. The number of likely N-dealkylation sites (tertiary alicyclic amines) is 1. The molecule has 1 aliphatic heterocycles. The molecule has 4 N–H and O–H groups in total. The number of carbonyl (C=O) groups is 1. The van der Waals surface area contributed by atoms with E-state index in [-0.39, 0.29) is 5.91 Å². The van der Waals surface area contributed by atoms with E-state index in [0.29, 0.717) is 41.2 Å². The molecule has 1 aromatic carbocycles. The Bertz CT molecular complexity index is 540. The Balaban J connectivity index is 2.48. The van der Waals surface area contributed by atoms with Crippen molar-refractivity contribution in [2.24, 2.45) is 0 Å². The summed E-state index contributed by atoms with van der Waals surface area (Å²) < 4.78 is 0. The summed E-state index contributed by atoms with van der Waals surface area (Å²) in [6, 6.07) is 3.21. The second-order valence-electron chi connectivity index (χ2n) is 5.61. The first-order chi connectivity index (χ1) is 9.87. The predicted molar refractivity (Wildman–Crippen MR) is 84.5 cm³/mol. The highest BCUT2D eigenvalue weighted by Crippen LogP contribution is 2.38. The minimum Gasteiger partial charge on any atom is -0.398 e. The maximum atomic E-state index is 12.3. The normalized spacial score (nSPS) is 18.5. The standard InChI is InChI=1S/C15H22ClN3O2/c1-3-18-14(20)13-11(8-10(16)9-12(13)17)15(21)4-6-19(2)7-5-15/h8-9,21H,3-7,17H2,1-2H3,(H,18,20). The van der Waals surface area contributed by atoms with Crippen LogP contribution in [0.1, 0.15) is 35.7 Å². The van der Waals surface area contributed by atoms with Crippen molar-refractivity contribution in [2.45, 2.75) is 25.4 Å². The van der Waals surface area contributed by atoms with Gasteiger partial charge in [0.25, 0.3) is 5.91 Å². The van der Waals surface area contributed by atoms with Crippen molar-refractivity contribution in [3.05, 3.63) is 28.3 Å². The molecule has 1 aliphatic rings. The van der Waals surface area contributed by atoms with Crippen molar-refractivity contribution in [1.29, 1.82) is 0 Å². The maximum absolute atomic E-state index is 12.3. The first-order valence-electron chi connectivity index (χ1n) is 7.16. The van der Waals surface area contributed by atoms with E-state index in [9.17, 15) is 9.90 Å². The Morgan fingerprint density at radius 2 is 2.10 bits per heavy atom. The maximum Gasteiger partial charge on any atom is 0.253 e. The Labute approximate surface area is 130 Å². The third kappa shape index (κ3) is 3.31. The molecule has 0 aromatic heterocycles. The molecule has 5 nitrogen and oxygen atoms in total. The van der Waals surface area contributed by atoms with Gasteiger partial charge in [-0.15, -0.1) is 0 Å². The number of aliphatic hydroxyl groups is 1. The quantitative estimate of drug-likeness (QED) is 0.741. The van der Waals surface area contributed by atoms with E-state index in [1.165, 1.54) is 0 Å². The van der Waals surface area contributed by atoms with Crippen LogP contribution >= 0.6 is 11.6 Å². The van der Waals surface area contributed by atoms with E-state index >= 15 is 0 Å². The Morgan fingerprint density at radius 1 is 1.48 bits per heavy atom. The van der Waals surface area contributed by atoms with E-state index in [2.05, 4.69) is 10.2 Å². The average molecular weight is 312 g/mol. The Morgan fingerprint density at radius 3 is 2.67 bits per heavy atom. The summed E-state index contributed by atoms with van der Waals surface area (Å²) in [4.78, 5) is 14.4. The van der Waals surface area contributed by atoms with Crippen LogP contribution in [0.5, 0.6) is 0 Å². The molecule has 0 atom stereocenters. The SMILES string of the molecule is CCNC(=O)c1c(N)cc(Cl)cc1C1(O)CCN(C)CC1. The van der Waals surface area contributed by atoms with Gasteiger partial charge in [-0.1, -0.05) is 11.6 Å². The topological polar surface area (TPSA) is 78.6 Å². The Kier molecular flexibility index (Phi) is 4.76. The third-order valence-electron chi connectivity index (χ3n) is 4.01. The zero-order valence-corrected chi connectivity index (χ0v) is 13.2. The number of hydrogen-bond acceptors (Lipinski definition) is 4. The van der Waals surface area contributed by atoms with E-state index in [1.807, 2.05) is 14.0 Å². The number of halogens is 1. The van der Waals surface area contributed by atoms with Gasteiger partial charge in [0.15, 0.2) is 0 Å².